The lowest BCUT2D eigenvalue weighted by Gasteiger charge is -2.29. The zero-order chi connectivity index (χ0) is 21.8. The van der Waals surface area contributed by atoms with Gasteiger partial charge in [-0.05, 0) is 36.8 Å². The van der Waals surface area contributed by atoms with Gasteiger partial charge < -0.3 is 14.4 Å². The fourth-order valence-electron chi connectivity index (χ4n) is 3.66. The maximum Gasteiger partial charge on any atom is 0.265 e. The zero-order valence-electron chi connectivity index (χ0n) is 17.4. The number of ether oxygens (including phenoxy) is 2. The van der Waals surface area contributed by atoms with Gasteiger partial charge in [-0.2, -0.15) is 0 Å². The second-order valence-electron chi connectivity index (χ2n) is 7.44. The summed E-state index contributed by atoms with van der Waals surface area (Å²) in [5.41, 5.74) is 3.74. The van der Waals surface area contributed by atoms with E-state index in [1.165, 1.54) is 0 Å². The van der Waals surface area contributed by atoms with Crippen LogP contribution in [0.4, 0.5) is 5.69 Å². The number of hydrogen-bond acceptors (Lipinski definition) is 5. The van der Waals surface area contributed by atoms with Crippen molar-refractivity contribution >= 4 is 22.9 Å². The summed E-state index contributed by atoms with van der Waals surface area (Å²) >= 11 is 1.61. The normalized spacial score (nSPS) is 12.9. The molecular formula is C26H22N2O3S. The first kappa shape index (κ1) is 20.3. The van der Waals surface area contributed by atoms with E-state index in [-0.39, 0.29) is 12.5 Å². The van der Waals surface area contributed by atoms with Gasteiger partial charge in [0.25, 0.3) is 5.91 Å². The third kappa shape index (κ3) is 4.36. The van der Waals surface area contributed by atoms with Crippen molar-refractivity contribution in [3.8, 4) is 33.3 Å². The highest BCUT2D eigenvalue weighted by Crippen LogP contribution is 2.37. The van der Waals surface area contributed by atoms with Crippen molar-refractivity contribution in [3.63, 3.8) is 0 Å². The highest BCUT2D eigenvalue weighted by molar-refractivity contribution is 7.13. The van der Waals surface area contributed by atoms with Crippen LogP contribution in [-0.4, -0.2) is 30.6 Å². The van der Waals surface area contributed by atoms with Crippen LogP contribution in [0, 0.1) is 0 Å². The second kappa shape index (κ2) is 9.24. The number of fused-ring (bicyclic) bond motifs is 1. The highest BCUT2D eigenvalue weighted by Gasteiger charge is 2.26. The van der Waals surface area contributed by atoms with Gasteiger partial charge in [-0.3, -0.25) is 4.79 Å². The first-order valence-electron chi connectivity index (χ1n) is 10.5. The van der Waals surface area contributed by atoms with Crippen LogP contribution in [0.15, 0.2) is 84.2 Å². The topological polar surface area (TPSA) is 51.7 Å². The third-order valence-electron chi connectivity index (χ3n) is 5.26. The average Bonchev–Trinajstić information content (AvgIpc) is 3.34. The fraction of sp³-hybridized carbons (Fsp3) is 0.154. The molecule has 5 rings (SSSR count). The van der Waals surface area contributed by atoms with E-state index in [4.69, 9.17) is 14.5 Å². The molecule has 0 N–H and O–H groups in total. The summed E-state index contributed by atoms with van der Waals surface area (Å²) in [5, 5.41) is 3.02. The Kier molecular flexibility index (Phi) is 5.85. The van der Waals surface area contributed by atoms with E-state index < -0.39 is 0 Å². The van der Waals surface area contributed by atoms with Crippen molar-refractivity contribution in [1.29, 1.82) is 0 Å². The van der Waals surface area contributed by atoms with E-state index in [1.807, 2.05) is 72.1 Å². The van der Waals surface area contributed by atoms with Crippen LogP contribution in [0.1, 0.15) is 6.42 Å². The largest absolute Gasteiger partial charge is 0.494 e. The van der Waals surface area contributed by atoms with Gasteiger partial charge in [-0.1, -0.05) is 48.5 Å². The van der Waals surface area contributed by atoms with Gasteiger partial charge in [0.15, 0.2) is 6.61 Å². The first-order valence-corrected chi connectivity index (χ1v) is 11.4. The molecular weight excluding hydrogens is 420 g/mol. The Hall–Kier alpha value is -3.64. The Balaban J connectivity index is 1.32. The van der Waals surface area contributed by atoms with Crippen molar-refractivity contribution in [2.75, 3.05) is 24.7 Å². The van der Waals surface area contributed by atoms with E-state index in [9.17, 15) is 4.79 Å². The minimum absolute atomic E-state index is 0.0439. The van der Waals surface area contributed by atoms with Gasteiger partial charge in [0, 0.05) is 23.1 Å². The van der Waals surface area contributed by atoms with Crippen molar-refractivity contribution in [1.82, 2.24) is 4.98 Å². The number of hydrogen-bond donors (Lipinski definition) is 0. The third-order valence-corrected chi connectivity index (χ3v) is 6.15. The summed E-state index contributed by atoms with van der Waals surface area (Å²) < 4.78 is 11.4. The minimum atomic E-state index is -0.0439. The zero-order valence-corrected chi connectivity index (χ0v) is 18.3. The molecule has 0 aliphatic carbocycles. The first-order chi connectivity index (χ1) is 15.8. The number of thiazole rings is 1. The summed E-state index contributed by atoms with van der Waals surface area (Å²) in [5.74, 6) is 1.51. The summed E-state index contributed by atoms with van der Waals surface area (Å²) in [6, 6.07) is 25.8. The Morgan fingerprint density at radius 3 is 2.56 bits per heavy atom. The van der Waals surface area contributed by atoms with Crippen molar-refractivity contribution in [2.45, 2.75) is 6.42 Å². The number of aromatic nitrogens is 1. The molecule has 5 nitrogen and oxygen atoms in total. The molecule has 0 fully saturated rings. The molecule has 0 saturated heterocycles. The van der Waals surface area contributed by atoms with Gasteiger partial charge in [0.2, 0.25) is 0 Å². The maximum absolute atomic E-state index is 12.6. The van der Waals surface area contributed by atoms with E-state index >= 15 is 0 Å². The van der Waals surface area contributed by atoms with Crippen LogP contribution in [0.5, 0.6) is 11.5 Å². The van der Waals surface area contributed by atoms with Crippen LogP contribution in [0.3, 0.4) is 0 Å². The smallest absolute Gasteiger partial charge is 0.265 e. The number of carbonyl (C=O) groups excluding carboxylic acids is 1. The molecule has 1 amide bonds. The van der Waals surface area contributed by atoms with Crippen LogP contribution < -0.4 is 14.4 Å². The molecule has 1 aliphatic rings. The Labute approximate surface area is 190 Å². The molecule has 3 aromatic carbocycles. The number of amides is 1. The summed E-state index contributed by atoms with van der Waals surface area (Å²) in [6.45, 7) is 1.16. The predicted molar refractivity (Wildman–Crippen MR) is 127 cm³/mol. The monoisotopic (exact) mass is 442 g/mol. The Morgan fingerprint density at radius 2 is 1.75 bits per heavy atom. The molecule has 0 saturated carbocycles. The van der Waals surface area contributed by atoms with Crippen LogP contribution in [0.25, 0.3) is 21.8 Å². The summed E-state index contributed by atoms with van der Waals surface area (Å²) in [6.07, 6.45) is 0.721. The molecule has 32 heavy (non-hydrogen) atoms. The minimum Gasteiger partial charge on any atom is -0.494 e. The van der Waals surface area contributed by atoms with Crippen molar-refractivity contribution in [3.05, 3.63) is 84.2 Å². The second-order valence-corrected chi connectivity index (χ2v) is 8.29. The molecule has 0 spiro atoms. The Bertz CT molecular complexity index is 1210. The molecule has 0 radical (unpaired) electrons. The van der Waals surface area contributed by atoms with E-state index in [1.54, 1.807) is 16.2 Å². The highest BCUT2D eigenvalue weighted by atomic mass is 32.1. The molecule has 0 unspecified atom stereocenters. The van der Waals surface area contributed by atoms with Gasteiger partial charge in [0.1, 0.15) is 16.5 Å². The number of benzene rings is 3. The summed E-state index contributed by atoms with van der Waals surface area (Å²) in [7, 11) is 0. The molecule has 0 atom stereocenters. The lowest BCUT2D eigenvalue weighted by atomic mass is 10.1. The molecule has 6 heteroatoms. The lowest BCUT2D eigenvalue weighted by molar-refractivity contribution is -0.121. The van der Waals surface area contributed by atoms with E-state index in [0.29, 0.717) is 13.2 Å². The number of anilines is 1. The Morgan fingerprint density at radius 1 is 0.969 bits per heavy atom. The van der Waals surface area contributed by atoms with Crippen LogP contribution in [-0.2, 0) is 4.79 Å². The molecule has 0 bridgehead atoms. The average molecular weight is 443 g/mol. The maximum atomic E-state index is 12.6. The lowest BCUT2D eigenvalue weighted by Crippen LogP contribution is -2.39. The van der Waals surface area contributed by atoms with Gasteiger partial charge in [-0.15, -0.1) is 11.3 Å². The van der Waals surface area contributed by atoms with E-state index in [0.717, 1.165) is 45.4 Å². The molecule has 1 aliphatic heterocycles. The molecule has 1 aromatic heterocycles. The predicted octanol–water partition coefficient (Wildman–Crippen LogP) is 5.67. The van der Waals surface area contributed by atoms with Crippen LogP contribution >= 0.6 is 11.3 Å². The number of para-hydroxylation sites is 1. The quantitative estimate of drug-likeness (QED) is 0.346. The van der Waals surface area contributed by atoms with Gasteiger partial charge in [0.05, 0.1) is 18.0 Å². The standard InChI is InChI=1S/C26H22N2O3S/c29-25-17-31-24-13-12-20(22-18-32-26(27-22)19-8-3-1-4-9-19)16-23(24)28(25)14-7-15-30-21-10-5-2-6-11-21/h1-6,8-13,16,18H,7,14-15,17H2. The molecule has 160 valence electrons. The van der Waals surface area contributed by atoms with E-state index in [2.05, 4.69) is 12.1 Å². The number of carbonyl (C=O) groups is 1. The summed E-state index contributed by atoms with van der Waals surface area (Å²) in [4.78, 5) is 19.2. The molecule has 2 heterocycles. The van der Waals surface area contributed by atoms with Crippen molar-refractivity contribution in [2.24, 2.45) is 0 Å². The van der Waals surface area contributed by atoms with Gasteiger partial charge in [-0.25, -0.2) is 4.98 Å². The van der Waals surface area contributed by atoms with Crippen molar-refractivity contribution < 1.29 is 14.3 Å². The SMILES string of the molecule is O=C1COc2ccc(-c3csc(-c4ccccc4)n3)cc2N1CCCOc1ccccc1. The fourth-order valence-corrected chi connectivity index (χ4v) is 4.49. The van der Waals surface area contributed by atoms with Gasteiger partial charge >= 0.3 is 0 Å². The van der Waals surface area contributed by atoms with Crippen LogP contribution in [0.2, 0.25) is 0 Å². The molecule has 4 aromatic rings. The number of rotatable bonds is 7. The number of nitrogens with zero attached hydrogens (tertiary/aromatic N) is 2.